The first-order valence-electron chi connectivity index (χ1n) is 4.86. The molecule has 0 bridgehead atoms. The van der Waals surface area contributed by atoms with Gasteiger partial charge in [0.25, 0.3) is 0 Å². The Morgan fingerprint density at radius 3 is 2.86 bits per heavy atom. The smallest absolute Gasteiger partial charge is 0.0737 e. The average molecular weight is 186 g/mol. The van der Waals surface area contributed by atoms with Crippen LogP contribution in [-0.2, 0) is 0 Å². The van der Waals surface area contributed by atoms with Gasteiger partial charge in [-0.15, -0.1) is 0 Å². The maximum absolute atomic E-state index is 5.67. The molecule has 0 saturated heterocycles. The SMILES string of the molecule is C[C@H](CN)c1cccc2cccnc12. The molecule has 14 heavy (non-hydrogen) atoms. The number of benzene rings is 1. The van der Waals surface area contributed by atoms with Gasteiger partial charge in [0.1, 0.15) is 0 Å². The third-order valence-electron chi connectivity index (χ3n) is 2.55. The van der Waals surface area contributed by atoms with Gasteiger partial charge in [-0.05, 0) is 24.1 Å². The number of pyridine rings is 1. The fraction of sp³-hybridized carbons (Fsp3) is 0.250. The highest BCUT2D eigenvalue weighted by molar-refractivity contribution is 5.82. The first kappa shape index (κ1) is 9.16. The zero-order chi connectivity index (χ0) is 9.97. The lowest BCUT2D eigenvalue weighted by Crippen LogP contribution is -2.09. The minimum absolute atomic E-state index is 0.369. The van der Waals surface area contributed by atoms with Crippen LogP contribution in [0.15, 0.2) is 36.5 Å². The normalized spacial score (nSPS) is 13.0. The lowest BCUT2D eigenvalue weighted by Gasteiger charge is -2.10. The Morgan fingerprint density at radius 2 is 2.07 bits per heavy atom. The van der Waals surface area contributed by atoms with E-state index < -0.39 is 0 Å². The van der Waals surface area contributed by atoms with Gasteiger partial charge in [-0.2, -0.15) is 0 Å². The summed E-state index contributed by atoms with van der Waals surface area (Å²) in [7, 11) is 0. The lowest BCUT2D eigenvalue weighted by molar-refractivity contribution is 0.779. The van der Waals surface area contributed by atoms with Crippen molar-refractivity contribution in [1.29, 1.82) is 0 Å². The Labute approximate surface area is 83.8 Å². The second-order valence-corrected chi connectivity index (χ2v) is 3.56. The van der Waals surface area contributed by atoms with Gasteiger partial charge in [-0.3, -0.25) is 4.98 Å². The van der Waals surface area contributed by atoms with Crippen LogP contribution >= 0.6 is 0 Å². The Morgan fingerprint density at radius 1 is 1.29 bits per heavy atom. The zero-order valence-corrected chi connectivity index (χ0v) is 8.27. The van der Waals surface area contributed by atoms with Crippen LogP contribution in [0.5, 0.6) is 0 Å². The van der Waals surface area contributed by atoms with Gasteiger partial charge in [-0.25, -0.2) is 0 Å². The average Bonchev–Trinajstić information content (AvgIpc) is 2.27. The molecule has 2 aromatic rings. The van der Waals surface area contributed by atoms with Gasteiger partial charge in [0.2, 0.25) is 0 Å². The van der Waals surface area contributed by atoms with Gasteiger partial charge in [0.05, 0.1) is 5.52 Å². The summed E-state index contributed by atoms with van der Waals surface area (Å²) < 4.78 is 0. The lowest BCUT2D eigenvalue weighted by atomic mass is 9.98. The summed E-state index contributed by atoms with van der Waals surface area (Å²) in [4.78, 5) is 4.39. The van der Waals surface area contributed by atoms with Gasteiger partial charge < -0.3 is 5.73 Å². The summed E-state index contributed by atoms with van der Waals surface area (Å²) in [6.45, 7) is 2.79. The summed E-state index contributed by atoms with van der Waals surface area (Å²) in [5.41, 5.74) is 7.99. The summed E-state index contributed by atoms with van der Waals surface area (Å²) in [6, 6.07) is 10.3. The highest BCUT2D eigenvalue weighted by Gasteiger charge is 2.07. The van der Waals surface area contributed by atoms with Crippen molar-refractivity contribution in [3.8, 4) is 0 Å². The number of para-hydroxylation sites is 1. The van der Waals surface area contributed by atoms with E-state index in [2.05, 4.69) is 36.2 Å². The molecule has 1 aromatic heterocycles. The molecule has 1 heterocycles. The molecule has 0 aliphatic rings. The predicted octanol–water partition coefficient (Wildman–Crippen LogP) is 2.30. The molecule has 2 N–H and O–H groups in total. The summed E-state index contributed by atoms with van der Waals surface area (Å²) in [6.07, 6.45) is 1.83. The van der Waals surface area contributed by atoms with Crippen LogP contribution in [0.4, 0.5) is 0 Å². The summed E-state index contributed by atoms with van der Waals surface area (Å²) in [5.74, 6) is 0.369. The molecule has 0 unspecified atom stereocenters. The van der Waals surface area contributed by atoms with E-state index in [0.717, 1.165) is 5.52 Å². The van der Waals surface area contributed by atoms with Crippen molar-refractivity contribution >= 4 is 10.9 Å². The van der Waals surface area contributed by atoms with Gasteiger partial charge >= 0.3 is 0 Å². The molecule has 0 spiro atoms. The molecule has 72 valence electrons. The maximum atomic E-state index is 5.67. The molecular weight excluding hydrogens is 172 g/mol. The van der Waals surface area contributed by atoms with Crippen molar-refractivity contribution in [2.75, 3.05) is 6.54 Å². The van der Waals surface area contributed by atoms with Crippen molar-refractivity contribution in [3.63, 3.8) is 0 Å². The zero-order valence-electron chi connectivity index (χ0n) is 8.27. The van der Waals surface area contributed by atoms with E-state index in [9.17, 15) is 0 Å². The maximum Gasteiger partial charge on any atom is 0.0737 e. The topological polar surface area (TPSA) is 38.9 Å². The van der Waals surface area contributed by atoms with Gasteiger partial charge in [0.15, 0.2) is 0 Å². The van der Waals surface area contributed by atoms with Crippen LogP contribution in [0.2, 0.25) is 0 Å². The number of hydrogen-bond acceptors (Lipinski definition) is 2. The molecule has 2 heteroatoms. The quantitative estimate of drug-likeness (QED) is 0.781. The molecule has 1 aromatic carbocycles. The van der Waals surface area contributed by atoms with E-state index in [0.29, 0.717) is 12.5 Å². The molecule has 0 aliphatic heterocycles. The highest BCUT2D eigenvalue weighted by atomic mass is 14.7. The highest BCUT2D eigenvalue weighted by Crippen LogP contribution is 2.22. The summed E-state index contributed by atoms with van der Waals surface area (Å²) in [5, 5.41) is 1.19. The molecule has 2 rings (SSSR count). The fourth-order valence-electron chi connectivity index (χ4n) is 1.65. The monoisotopic (exact) mass is 186 g/mol. The second-order valence-electron chi connectivity index (χ2n) is 3.56. The van der Waals surface area contributed by atoms with Crippen molar-refractivity contribution in [2.24, 2.45) is 5.73 Å². The van der Waals surface area contributed by atoms with Crippen LogP contribution in [0, 0.1) is 0 Å². The molecule has 0 radical (unpaired) electrons. The predicted molar refractivity (Wildman–Crippen MR) is 59.2 cm³/mol. The molecule has 0 saturated carbocycles. The van der Waals surface area contributed by atoms with E-state index in [1.807, 2.05) is 12.3 Å². The van der Waals surface area contributed by atoms with E-state index in [-0.39, 0.29) is 0 Å². The van der Waals surface area contributed by atoms with Crippen LogP contribution in [-0.4, -0.2) is 11.5 Å². The van der Waals surface area contributed by atoms with Gasteiger partial charge in [0, 0.05) is 11.6 Å². The molecular formula is C12H14N2. The van der Waals surface area contributed by atoms with Crippen molar-refractivity contribution in [2.45, 2.75) is 12.8 Å². The molecule has 1 atom stereocenters. The van der Waals surface area contributed by atoms with Crippen LogP contribution < -0.4 is 5.73 Å². The Kier molecular flexibility index (Phi) is 2.46. The van der Waals surface area contributed by atoms with Crippen molar-refractivity contribution in [1.82, 2.24) is 4.98 Å². The van der Waals surface area contributed by atoms with E-state index >= 15 is 0 Å². The van der Waals surface area contributed by atoms with Crippen molar-refractivity contribution in [3.05, 3.63) is 42.1 Å². The van der Waals surface area contributed by atoms with E-state index in [1.54, 1.807) is 0 Å². The number of rotatable bonds is 2. The minimum Gasteiger partial charge on any atom is -0.330 e. The number of hydrogen-bond donors (Lipinski definition) is 1. The molecule has 0 amide bonds. The van der Waals surface area contributed by atoms with E-state index in [1.165, 1.54) is 10.9 Å². The van der Waals surface area contributed by atoms with Crippen LogP contribution in [0.3, 0.4) is 0 Å². The number of aromatic nitrogens is 1. The largest absolute Gasteiger partial charge is 0.330 e. The summed E-state index contributed by atoms with van der Waals surface area (Å²) >= 11 is 0. The van der Waals surface area contributed by atoms with Gasteiger partial charge in [-0.1, -0.05) is 31.2 Å². The fourth-order valence-corrected chi connectivity index (χ4v) is 1.65. The Balaban J connectivity index is 2.65. The van der Waals surface area contributed by atoms with Crippen LogP contribution in [0.1, 0.15) is 18.4 Å². The number of nitrogens with two attached hydrogens (primary N) is 1. The Bertz CT molecular complexity index is 432. The van der Waals surface area contributed by atoms with Crippen LogP contribution in [0.25, 0.3) is 10.9 Å². The van der Waals surface area contributed by atoms with E-state index in [4.69, 9.17) is 5.73 Å². The first-order valence-corrected chi connectivity index (χ1v) is 4.86. The third kappa shape index (κ3) is 1.49. The Hall–Kier alpha value is -1.41. The number of nitrogens with zero attached hydrogens (tertiary/aromatic N) is 1. The second kappa shape index (κ2) is 3.76. The first-order chi connectivity index (χ1) is 6.83. The third-order valence-corrected chi connectivity index (χ3v) is 2.55. The minimum atomic E-state index is 0.369. The molecule has 0 fully saturated rings. The standard InChI is InChI=1S/C12H14N2/c1-9(8-13)11-6-2-4-10-5-3-7-14-12(10)11/h2-7,9H,8,13H2,1H3/t9-/m1/s1. The van der Waals surface area contributed by atoms with Crippen molar-refractivity contribution < 1.29 is 0 Å². The molecule has 0 aliphatic carbocycles. The number of fused-ring (bicyclic) bond motifs is 1. The molecule has 2 nitrogen and oxygen atoms in total.